The summed E-state index contributed by atoms with van der Waals surface area (Å²) in [6.07, 6.45) is -1.32. The zero-order chi connectivity index (χ0) is 22.1. The maximum Gasteiger partial charge on any atom is 0.416 e. The zero-order valence-corrected chi connectivity index (χ0v) is 16.5. The standard InChI is InChI=1S/C23H15F3N6/c24-23(25,26)16-7-4-6-15(14-16)21-20(19-10-5-12-28-32(19)31-21)18-11-13-27-22(30-18)29-17-8-2-1-3-9-17/h1-14H,(H,27,29,30). The number of alkyl halides is 3. The number of hydrogen-bond acceptors (Lipinski definition) is 5. The molecule has 0 saturated carbocycles. The minimum atomic E-state index is -4.46. The van der Waals surface area contributed by atoms with Crippen LogP contribution in [0.2, 0.25) is 0 Å². The molecule has 0 atom stereocenters. The van der Waals surface area contributed by atoms with Crippen molar-refractivity contribution in [1.29, 1.82) is 0 Å². The fourth-order valence-corrected chi connectivity index (χ4v) is 3.40. The van der Waals surface area contributed by atoms with Gasteiger partial charge in [-0.05, 0) is 42.5 Å². The van der Waals surface area contributed by atoms with Gasteiger partial charge in [0.1, 0.15) is 5.69 Å². The van der Waals surface area contributed by atoms with Gasteiger partial charge in [0.15, 0.2) is 0 Å². The second-order valence-electron chi connectivity index (χ2n) is 6.96. The number of nitrogens with zero attached hydrogens (tertiary/aromatic N) is 5. The number of nitrogens with one attached hydrogen (secondary N) is 1. The van der Waals surface area contributed by atoms with E-state index in [4.69, 9.17) is 0 Å². The largest absolute Gasteiger partial charge is 0.416 e. The molecule has 0 amide bonds. The highest BCUT2D eigenvalue weighted by Gasteiger charge is 2.31. The molecule has 0 aliphatic rings. The van der Waals surface area contributed by atoms with Crippen LogP contribution in [0.4, 0.5) is 24.8 Å². The van der Waals surface area contributed by atoms with Crippen molar-refractivity contribution in [3.05, 3.63) is 90.8 Å². The number of halogens is 3. The fraction of sp³-hybridized carbons (Fsp3) is 0.0435. The first kappa shape index (κ1) is 19.7. The molecule has 0 aliphatic heterocycles. The lowest BCUT2D eigenvalue weighted by molar-refractivity contribution is -0.137. The van der Waals surface area contributed by atoms with Crippen molar-refractivity contribution in [2.24, 2.45) is 0 Å². The Kier molecular flexibility index (Phi) is 4.78. The van der Waals surface area contributed by atoms with E-state index in [1.807, 2.05) is 30.3 Å². The number of benzene rings is 2. The average Bonchev–Trinajstić information content (AvgIpc) is 3.19. The first-order valence-corrected chi connectivity index (χ1v) is 9.66. The fourth-order valence-electron chi connectivity index (χ4n) is 3.40. The van der Waals surface area contributed by atoms with Gasteiger partial charge in [-0.15, -0.1) is 5.10 Å². The van der Waals surface area contributed by atoms with Crippen molar-refractivity contribution in [3.63, 3.8) is 0 Å². The van der Waals surface area contributed by atoms with Gasteiger partial charge in [0.2, 0.25) is 5.95 Å². The van der Waals surface area contributed by atoms with E-state index in [-0.39, 0.29) is 0 Å². The van der Waals surface area contributed by atoms with E-state index in [1.54, 1.807) is 36.7 Å². The van der Waals surface area contributed by atoms with Crippen molar-refractivity contribution in [1.82, 2.24) is 24.8 Å². The van der Waals surface area contributed by atoms with Crippen molar-refractivity contribution < 1.29 is 13.2 Å². The normalized spacial score (nSPS) is 11.6. The number of para-hydroxylation sites is 1. The van der Waals surface area contributed by atoms with E-state index in [9.17, 15) is 13.2 Å². The highest BCUT2D eigenvalue weighted by molar-refractivity contribution is 5.90. The Hall–Kier alpha value is -4.27. The molecule has 0 saturated heterocycles. The smallest absolute Gasteiger partial charge is 0.324 e. The first-order valence-electron chi connectivity index (χ1n) is 9.66. The Morgan fingerprint density at radius 2 is 1.69 bits per heavy atom. The Morgan fingerprint density at radius 1 is 0.844 bits per heavy atom. The maximum absolute atomic E-state index is 13.3. The van der Waals surface area contributed by atoms with Gasteiger partial charge in [0.05, 0.1) is 22.3 Å². The summed E-state index contributed by atoms with van der Waals surface area (Å²) in [7, 11) is 0. The van der Waals surface area contributed by atoms with Crippen LogP contribution >= 0.6 is 0 Å². The maximum atomic E-state index is 13.3. The number of rotatable bonds is 4. The van der Waals surface area contributed by atoms with Crippen LogP contribution in [0.3, 0.4) is 0 Å². The summed E-state index contributed by atoms with van der Waals surface area (Å²) in [6.45, 7) is 0. The van der Waals surface area contributed by atoms with Gasteiger partial charge in [-0.25, -0.2) is 9.97 Å². The molecule has 0 fully saturated rings. The summed E-state index contributed by atoms with van der Waals surface area (Å²) in [5.41, 5.74) is 2.41. The summed E-state index contributed by atoms with van der Waals surface area (Å²) >= 11 is 0. The van der Waals surface area contributed by atoms with Gasteiger partial charge in [0, 0.05) is 23.6 Å². The van der Waals surface area contributed by atoms with Crippen LogP contribution in [0.5, 0.6) is 0 Å². The van der Waals surface area contributed by atoms with Crippen molar-refractivity contribution in [2.45, 2.75) is 6.18 Å². The highest BCUT2D eigenvalue weighted by atomic mass is 19.4. The lowest BCUT2D eigenvalue weighted by atomic mass is 10.0. The summed E-state index contributed by atoms with van der Waals surface area (Å²) in [5, 5.41) is 11.8. The molecule has 1 N–H and O–H groups in total. The molecule has 6 nitrogen and oxygen atoms in total. The molecule has 0 radical (unpaired) electrons. The minimum absolute atomic E-state index is 0.316. The molecular formula is C23H15F3N6. The minimum Gasteiger partial charge on any atom is -0.324 e. The molecule has 158 valence electrons. The predicted octanol–water partition coefficient (Wildman–Crippen LogP) is 5.62. The van der Waals surface area contributed by atoms with Gasteiger partial charge < -0.3 is 5.32 Å². The first-order chi connectivity index (χ1) is 15.5. The van der Waals surface area contributed by atoms with Crippen LogP contribution in [0, 0.1) is 0 Å². The van der Waals surface area contributed by atoms with Gasteiger partial charge in [-0.1, -0.05) is 30.3 Å². The van der Waals surface area contributed by atoms with E-state index < -0.39 is 11.7 Å². The third-order valence-electron chi connectivity index (χ3n) is 4.82. The lowest BCUT2D eigenvalue weighted by Crippen LogP contribution is -2.04. The van der Waals surface area contributed by atoms with Crippen LogP contribution < -0.4 is 5.32 Å². The molecule has 0 bridgehead atoms. The predicted molar refractivity (Wildman–Crippen MR) is 114 cm³/mol. The molecule has 0 unspecified atom stereocenters. The van der Waals surface area contributed by atoms with Crippen LogP contribution in [-0.2, 0) is 6.18 Å². The van der Waals surface area contributed by atoms with E-state index in [0.717, 1.165) is 17.8 Å². The number of anilines is 2. The van der Waals surface area contributed by atoms with Crippen molar-refractivity contribution in [3.8, 4) is 22.5 Å². The lowest BCUT2D eigenvalue weighted by Gasteiger charge is -2.09. The van der Waals surface area contributed by atoms with Gasteiger partial charge in [0.25, 0.3) is 0 Å². The highest BCUT2D eigenvalue weighted by Crippen LogP contribution is 2.37. The molecule has 0 spiro atoms. The van der Waals surface area contributed by atoms with Gasteiger partial charge in [-0.2, -0.15) is 22.9 Å². The van der Waals surface area contributed by atoms with Crippen LogP contribution in [0.15, 0.2) is 85.2 Å². The third-order valence-corrected chi connectivity index (χ3v) is 4.82. The zero-order valence-electron chi connectivity index (χ0n) is 16.5. The monoisotopic (exact) mass is 432 g/mol. The number of hydrogen-bond donors (Lipinski definition) is 1. The van der Waals surface area contributed by atoms with Crippen molar-refractivity contribution >= 4 is 17.2 Å². The SMILES string of the molecule is FC(F)(F)c1cccc(-c2nn3ncccc3c2-c2ccnc(Nc3ccccc3)n2)c1. The Labute approximate surface area is 180 Å². The Morgan fingerprint density at radius 3 is 2.50 bits per heavy atom. The molecule has 32 heavy (non-hydrogen) atoms. The molecule has 3 aromatic heterocycles. The molecule has 2 aromatic carbocycles. The average molecular weight is 432 g/mol. The van der Waals surface area contributed by atoms with E-state index in [0.29, 0.717) is 34.0 Å². The number of fused-ring (bicyclic) bond motifs is 1. The summed E-state index contributed by atoms with van der Waals surface area (Å²) in [4.78, 5) is 8.85. The van der Waals surface area contributed by atoms with Crippen LogP contribution in [-0.4, -0.2) is 24.8 Å². The van der Waals surface area contributed by atoms with Gasteiger partial charge >= 0.3 is 6.18 Å². The summed E-state index contributed by atoms with van der Waals surface area (Å²) in [6, 6.07) is 19.7. The Bertz CT molecular complexity index is 1400. The topological polar surface area (TPSA) is 68.0 Å². The Balaban J connectivity index is 1.66. The van der Waals surface area contributed by atoms with Gasteiger partial charge in [-0.3, -0.25) is 0 Å². The molecule has 5 rings (SSSR count). The van der Waals surface area contributed by atoms with E-state index >= 15 is 0 Å². The summed E-state index contributed by atoms with van der Waals surface area (Å²) < 4.78 is 41.3. The van der Waals surface area contributed by atoms with Crippen molar-refractivity contribution in [2.75, 3.05) is 5.32 Å². The molecule has 0 aliphatic carbocycles. The van der Waals surface area contributed by atoms with E-state index in [1.165, 1.54) is 10.7 Å². The second kappa shape index (κ2) is 7.77. The van der Waals surface area contributed by atoms with Crippen LogP contribution in [0.1, 0.15) is 5.56 Å². The van der Waals surface area contributed by atoms with E-state index in [2.05, 4.69) is 25.5 Å². The molecule has 3 heterocycles. The third kappa shape index (κ3) is 3.76. The molecule has 9 heteroatoms. The second-order valence-corrected chi connectivity index (χ2v) is 6.96. The number of aromatic nitrogens is 5. The quantitative estimate of drug-likeness (QED) is 0.400. The molecular weight excluding hydrogens is 417 g/mol. The van der Waals surface area contributed by atoms with Crippen LogP contribution in [0.25, 0.3) is 28.0 Å². The summed E-state index contributed by atoms with van der Waals surface area (Å²) in [5.74, 6) is 0.354. The molecule has 5 aromatic rings.